The minimum atomic E-state index is -3.68. The van der Waals surface area contributed by atoms with Gasteiger partial charge in [-0.3, -0.25) is 4.79 Å². The van der Waals surface area contributed by atoms with Gasteiger partial charge in [-0.2, -0.15) is 9.29 Å². The molecule has 0 radical (unpaired) electrons. The number of hydrogen-bond acceptors (Lipinski definition) is 8. The lowest BCUT2D eigenvalue weighted by Crippen LogP contribution is -2.42. The first-order valence-electron chi connectivity index (χ1n) is 10.1. The molecule has 1 aliphatic carbocycles. The van der Waals surface area contributed by atoms with Gasteiger partial charge in [-0.15, -0.1) is 11.3 Å². The molecular weight excluding hydrogens is 414 g/mol. The molecule has 0 bridgehead atoms. The van der Waals surface area contributed by atoms with Gasteiger partial charge in [0.15, 0.2) is 0 Å². The molecule has 158 valence electrons. The average molecular weight is 440 g/mol. The van der Waals surface area contributed by atoms with Crippen LogP contribution in [0, 0.1) is 5.92 Å². The highest BCUT2D eigenvalue weighted by Crippen LogP contribution is 2.35. The van der Waals surface area contributed by atoms with Crippen molar-refractivity contribution in [3.05, 3.63) is 17.3 Å². The monoisotopic (exact) mass is 439 g/mol. The number of sulfonamides is 1. The molecule has 8 nitrogen and oxygen atoms in total. The number of thiophene rings is 1. The lowest BCUT2D eigenvalue weighted by molar-refractivity contribution is -0.149. The number of nitrogens with zero attached hydrogens (tertiary/aromatic N) is 3. The largest absolute Gasteiger partial charge is 0.466 e. The van der Waals surface area contributed by atoms with Crippen molar-refractivity contribution < 1.29 is 22.5 Å². The molecule has 1 unspecified atom stereocenters. The van der Waals surface area contributed by atoms with Gasteiger partial charge in [0, 0.05) is 30.0 Å². The van der Waals surface area contributed by atoms with Crippen LogP contribution in [0.25, 0.3) is 11.4 Å². The number of rotatable bonds is 6. The maximum Gasteiger partial charge on any atom is 0.310 e. The fourth-order valence-corrected chi connectivity index (χ4v) is 6.84. The molecule has 0 spiro atoms. The van der Waals surface area contributed by atoms with Gasteiger partial charge < -0.3 is 9.26 Å². The fraction of sp³-hybridized carbons (Fsp3) is 0.632. The number of carbonyl (C=O) groups is 1. The van der Waals surface area contributed by atoms with Gasteiger partial charge in [0.25, 0.3) is 10.0 Å². The van der Waals surface area contributed by atoms with Gasteiger partial charge in [0.05, 0.1) is 12.5 Å². The molecule has 1 aliphatic heterocycles. The van der Waals surface area contributed by atoms with Crippen molar-refractivity contribution >= 4 is 27.3 Å². The number of aromatic nitrogens is 2. The zero-order valence-electron chi connectivity index (χ0n) is 16.4. The SMILES string of the molecule is CCOC(=O)C1CCCN(S(=O)(=O)c2cc(-c3noc(C4CCCC4)n3)cs2)C1. The van der Waals surface area contributed by atoms with Crippen LogP contribution in [0.15, 0.2) is 20.2 Å². The zero-order chi connectivity index (χ0) is 20.4. The molecule has 1 atom stereocenters. The average Bonchev–Trinajstić information content (AvgIpc) is 3.49. The summed E-state index contributed by atoms with van der Waals surface area (Å²) in [5.74, 6) is 0.634. The fourth-order valence-electron chi connectivity index (χ4n) is 4.00. The Morgan fingerprint density at radius 2 is 2.10 bits per heavy atom. The second-order valence-electron chi connectivity index (χ2n) is 7.55. The van der Waals surface area contributed by atoms with Gasteiger partial charge in [-0.1, -0.05) is 18.0 Å². The predicted octanol–water partition coefficient (Wildman–Crippen LogP) is 3.42. The minimum Gasteiger partial charge on any atom is -0.466 e. The normalized spacial score (nSPS) is 21.5. The Morgan fingerprint density at radius 1 is 1.31 bits per heavy atom. The molecule has 2 aromatic heterocycles. The summed E-state index contributed by atoms with van der Waals surface area (Å²) < 4.78 is 38.3. The van der Waals surface area contributed by atoms with E-state index >= 15 is 0 Å². The third-order valence-electron chi connectivity index (χ3n) is 5.58. The summed E-state index contributed by atoms with van der Waals surface area (Å²) in [6.45, 7) is 2.60. The minimum absolute atomic E-state index is 0.155. The maximum absolute atomic E-state index is 13.1. The van der Waals surface area contributed by atoms with Gasteiger partial charge in [0.1, 0.15) is 4.21 Å². The first kappa shape index (κ1) is 20.5. The highest BCUT2D eigenvalue weighted by atomic mass is 32.2. The van der Waals surface area contributed by atoms with Crippen molar-refractivity contribution in [3.8, 4) is 11.4 Å². The summed E-state index contributed by atoms with van der Waals surface area (Å²) in [7, 11) is -3.68. The number of carbonyl (C=O) groups excluding carboxylic acids is 1. The first-order valence-corrected chi connectivity index (χ1v) is 12.4. The third-order valence-corrected chi connectivity index (χ3v) is 8.86. The first-order chi connectivity index (χ1) is 14.0. The van der Waals surface area contributed by atoms with E-state index in [1.54, 1.807) is 18.4 Å². The highest BCUT2D eigenvalue weighted by Gasteiger charge is 2.35. The molecule has 1 saturated heterocycles. The Hall–Kier alpha value is -1.78. The van der Waals surface area contributed by atoms with E-state index in [0.29, 0.717) is 49.2 Å². The molecular formula is C19H25N3O5S2. The molecule has 0 N–H and O–H groups in total. The van der Waals surface area contributed by atoms with Crippen molar-refractivity contribution in [2.45, 2.75) is 55.6 Å². The number of hydrogen-bond donors (Lipinski definition) is 0. The molecule has 0 aromatic carbocycles. The van der Waals surface area contributed by atoms with E-state index < -0.39 is 15.9 Å². The smallest absolute Gasteiger partial charge is 0.310 e. The quantitative estimate of drug-likeness (QED) is 0.635. The summed E-state index contributed by atoms with van der Waals surface area (Å²) in [6.07, 6.45) is 5.74. The molecule has 3 heterocycles. The van der Waals surface area contributed by atoms with Crippen LogP contribution < -0.4 is 0 Å². The van der Waals surface area contributed by atoms with Gasteiger partial charge >= 0.3 is 5.97 Å². The summed E-state index contributed by atoms with van der Waals surface area (Å²) in [4.78, 5) is 16.5. The molecule has 2 fully saturated rings. The number of piperidine rings is 1. The summed E-state index contributed by atoms with van der Waals surface area (Å²) in [5, 5.41) is 5.78. The van der Waals surface area contributed by atoms with Gasteiger partial charge in [-0.05, 0) is 38.7 Å². The van der Waals surface area contributed by atoms with Crippen molar-refractivity contribution in [2.75, 3.05) is 19.7 Å². The number of esters is 1. The molecule has 2 aliphatic rings. The van der Waals surface area contributed by atoms with Crippen LogP contribution in [-0.4, -0.2) is 48.5 Å². The standard InChI is InChI=1S/C19H25N3O5S2/c1-2-26-19(23)14-8-5-9-22(11-14)29(24,25)16-10-15(12-28-16)17-20-18(27-21-17)13-6-3-4-7-13/h10,12-14H,2-9,11H2,1H3. The van der Waals surface area contributed by atoms with Crippen molar-refractivity contribution in [2.24, 2.45) is 5.92 Å². The van der Waals surface area contributed by atoms with E-state index in [4.69, 9.17) is 9.26 Å². The van der Waals surface area contributed by atoms with Crippen molar-refractivity contribution in [1.29, 1.82) is 0 Å². The molecule has 29 heavy (non-hydrogen) atoms. The lowest BCUT2D eigenvalue weighted by atomic mass is 10.0. The lowest BCUT2D eigenvalue weighted by Gasteiger charge is -2.30. The molecule has 4 rings (SSSR count). The summed E-state index contributed by atoms with van der Waals surface area (Å²) in [6, 6.07) is 1.59. The van der Waals surface area contributed by atoms with E-state index in [9.17, 15) is 13.2 Å². The van der Waals surface area contributed by atoms with E-state index in [0.717, 1.165) is 24.2 Å². The Balaban J connectivity index is 1.50. The predicted molar refractivity (Wildman–Crippen MR) is 107 cm³/mol. The zero-order valence-corrected chi connectivity index (χ0v) is 18.0. The van der Waals surface area contributed by atoms with E-state index in [-0.39, 0.29) is 16.7 Å². The third kappa shape index (κ3) is 4.24. The van der Waals surface area contributed by atoms with E-state index in [1.807, 2.05) is 0 Å². The second kappa shape index (κ2) is 8.53. The van der Waals surface area contributed by atoms with Crippen LogP contribution in [0.2, 0.25) is 0 Å². The Kier molecular flexibility index (Phi) is 6.03. The van der Waals surface area contributed by atoms with Gasteiger partial charge in [-0.25, -0.2) is 8.42 Å². The van der Waals surface area contributed by atoms with E-state index in [1.165, 1.54) is 17.1 Å². The van der Waals surface area contributed by atoms with Crippen LogP contribution in [0.3, 0.4) is 0 Å². The van der Waals surface area contributed by atoms with Crippen LogP contribution in [0.5, 0.6) is 0 Å². The summed E-state index contributed by atoms with van der Waals surface area (Å²) >= 11 is 1.14. The molecule has 1 saturated carbocycles. The molecule has 0 amide bonds. The van der Waals surface area contributed by atoms with E-state index in [2.05, 4.69) is 10.1 Å². The topological polar surface area (TPSA) is 103 Å². The summed E-state index contributed by atoms with van der Waals surface area (Å²) in [5.41, 5.74) is 0.639. The van der Waals surface area contributed by atoms with Crippen LogP contribution in [0.4, 0.5) is 0 Å². The van der Waals surface area contributed by atoms with Crippen LogP contribution in [-0.2, 0) is 19.6 Å². The molecule has 10 heteroatoms. The highest BCUT2D eigenvalue weighted by molar-refractivity contribution is 7.91. The Morgan fingerprint density at radius 3 is 2.86 bits per heavy atom. The second-order valence-corrected chi connectivity index (χ2v) is 10.6. The maximum atomic E-state index is 13.1. The van der Waals surface area contributed by atoms with Gasteiger partial charge in [0.2, 0.25) is 11.7 Å². The van der Waals surface area contributed by atoms with Crippen molar-refractivity contribution in [3.63, 3.8) is 0 Å². The van der Waals surface area contributed by atoms with Crippen LogP contribution in [0.1, 0.15) is 57.3 Å². The Labute approximate surface area is 174 Å². The van der Waals surface area contributed by atoms with Crippen LogP contribution >= 0.6 is 11.3 Å². The van der Waals surface area contributed by atoms with Crippen molar-refractivity contribution in [1.82, 2.24) is 14.4 Å². The number of ether oxygens (including phenoxy) is 1. The molecule has 2 aromatic rings. The Bertz CT molecular complexity index is 962.